The maximum absolute atomic E-state index is 12.7. The van der Waals surface area contributed by atoms with E-state index in [-0.39, 0.29) is 51.1 Å². The smallest absolute Gasteiger partial charge is 0.337 e. The molecule has 4 N–H and O–H groups in total. The van der Waals surface area contributed by atoms with Crippen molar-refractivity contribution >= 4 is 72.7 Å². The highest BCUT2D eigenvalue weighted by Crippen LogP contribution is 2.34. The summed E-state index contributed by atoms with van der Waals surface area (Å²) in [6.45, 7) is 3.24. The van der Waals surface area contributed by atoms with E-state index in [9.17, 15) is 26.4 Å². The van der Waals surface area contributed by atoms with Crippen LogP contribution in [0.15, 0.2) is 52.5 Å². The zero-order valence-electron chi connectivity index (χ0n) is 26.9. The number of hydrogen-bond acceptors (Lipinski definition) is 15. The minimum atomic E-state index is -4.43. The number of aromatic nitrogens is 7. The van der Waals surface area contributed by atoms with Gasteiger partial charge in [-0.15, -0.1) is 5.10 Å². The number of carbonyl (C=O) groups is 2. The summed E-state index contributed by atoms with van der Waals surface area (Å²) < 4.78 is 69.9. The Balaban J connectivity index is 0.000000229. The number of aryl methyl sites for hydroxylation is 2. The zero-order valence-corrected chi connectivity index (χ0v) is 30.0. The molecular weight excluding hydrogens is 759 g/mol. The van der Waals surface area contributed by atoms with Crippen molar-refractivity contribution < 1.29 is 45.7 Å². The van der Waals surface area contributed by atoms with Crippen LogP contribution in [-0.4, -0.2) is 89.8 Å². The maximum Gasteiger partial charge on any atom is 0.337 e. The minimum absolute atomic E-state index is 0.0111. The molecule has 0 fully saturated rings. The van der Waals surface area contributed by atoms with Gasteiger partial charge in [-0.3, -0.25) is 10.0 Å². The van der Waals surface area contributed by atoms with Gasteiger partial charge in [0.2, 0.25) is 17.7 Å². The molecule has 270 valence electrons. The van der Waals surface area contributed by atoms with Gasteiger partial charge in [-0.25, -0.2) is 22.7 Å². The Morgan fingerprint density at radius 1 is 0.863 bits per heavy atom. The van der Waals surface area contributed by atoms with E-state index in [0.29, 0.717) is 5.56 Å². The molecule has 5 aromatic rings. The third kappa shape index (κ3) is 8.97. The minimum Gasteiger partial charge on any atom is -0.481 e. The lowest BCUT2D eigenvalue weighted by Gasteiger charge is -2.10. The molecule has 0 saturated carbocycles. The second kappa shape index (κ2) is 15.5. The van der Waals surface area contributed by atoms with Gasteiger partial charge < -0.3 is 19.3 Å². The number of benzene rings is 2. The van der Waals surface area contributed by atoms with E-state index in [0.717, 1.165) is 16.6 Å². The van der Waals surface area contributed by atoms with E-state index >= 15 is 0 Å². The standard InChI is InChI=1S/C14H13Cl2N5O4S.C13H13N5O6S/c1-7-4-5-8(15)12(11(7)16)20-26(22,23)14-18-13-17-9(24-2)6-10(25-3)21(13)19-14;1-7-14-11(17-13(15-7)24-2)16-12(21)18-25(22,23)9-6-4-3-5-8(9)10(19)20/h4-6,20H,1-3H3;3-6H,1-2H3,(H,19,20)(H2,14,15,16,17,18,21). The summed E-state index contributed by atoms with van der Waals surface area (Å²) in [5.41, 5.74) is 0.231. The molecule has 5 rings (SSSR count). The van der Waals surface area contributed by atoms with Crippen LogP contribution < -0.4 is 29.0 Å². The Labute approximate surface area is 299 Å². The lowest BCUT2D eigenvalue weighted by molar-refractivity contribution is 0.0692. The van der Waals surface area contributed by atoms with Crippen LogP contribution in [-0.2, 0) is 20.0 Å². The zero-order chi connectivity index (χ0) is 37.7. The highest BCUT2D eigenvalue weighted by atomic mass is 35.5. The highest BCUT2D eigenvalue weighted by molar-refractivity contribution is 7.92. The monoisotopic (exact) mass is 784 g/mol. The molecule has 2 amide bonds. The van der Waals surface area contributed by atoms with E-state index in [2.05, 4.69) is 40.1 Å². The molecule has 0 aliphatic rings. The van der Waals surface area contributed by atoms with Gasteiger partial charge in [-0.1, -0.05) is 41.4 Å². The number of ether oxygens (including phenoxy) is 3. The molecule has 3 aromatic heterocycles. The van der Waals surface area contributed by atoms with Crippen LogP contribution in [0.25, 0.3) is 5.78 Å². The van der Waals surface area contributed by atoms with Gasteiger partial charge in [-0.05, 0) is 37.6 Å². The van der Waals surface area contributed by atoms with Crippen molar-refractivity contribution in [3.05, 3.63) is 69.5 Å². The van der Waals surface area contributed by atoms with Crippen LogP contribution in [0.5, 0.6) is 17.8 Å². The highest BCUT2D eigenvalue weighted by Gasteiger charge is 2.26. The summed E-state index contributed by atoms with van der Waals surface area (Å²) in [5.74, 6) is -1.05. The van der Waals surface area contributed by atoms with Crippen molar-refractivity contribution in [2.45, 2.75) is 23.9 Å². The van der Waals surface area contributed by atoms with E-state index in [1.807, 2.05) is 0 Å². The van der Waals surface area contributed by atoms with E-state index in [1.54, 1.807) is 17.7 Å². The molecule has 0 atom stereocenters. The molecule has 0 bridgehead atoms. The van der Waals surface area contributed by atoms with Crippen LogP contribution in [0.2, 0.25) is 10.0 Å². The molecular formula is C27H26Cl2N10O10S2. The van der Waals surface area contributed by atoms with Gasteiger partial charge in [0.25, 0.3) is 31.0 Å². The number of amides is 2. The quantitative estimate of drug-likeness (QED) is 0.158. The lowest BCUT2D eigenvalue weighted by atomic mass is 10.2. The maximum atomic E-state index is 12.7. The summed E-state index contributed by atoms with van der Waals surface area (Å²) >= 11 is 12.2. The number of rotatable bonds is 10. The Kier molecular flexibility index (Phi) is 11.6. The molecule has 0 spiro atoms. The molecule has 0 unspecified atom stereocenters. The Bertz CT molecular complexity index is 2360. The Morgan fingerprint density at radius 3 is 2.22 bits per heavy atom. The molecule has 20 nitrogen and oxygen atoms in total. The average Bonchev–Trinajstić information content (AvgIpc) is 3.53. The fraction of sp³-hybridized carbons (Fsp3) is 0.185. The summed E-state index contributed by atoms with van der Waals surface area (Å²) in [6, 6.07) is 8.28. The number of urea groups is 1. The van der Waals surface area contributed by atoms with Gasteiger partial charge in [0.1, 0.15) is 10.7 Å². The first kappa shape index (κ1) is 38.2. The fourth-order valence-corrected chi connectivity index (χ4v) is 6.53. The molecule has 0 saturated heterocycles. The topological polar surface area (TPSA) is 268 Å². The molecule has 0 radical (unpaired) electrons. The normalized spacial score (nSPS) is 11.2. The van der Waals surface area contributed by atoms with E-state index in [4.69, 9.17) is 42.5 Å². The second-order valence-electron chi connectivity index (χ2n) is 9.66. The summed E-state index contributed by atoms with van der Waals surface area (Å²) in [7, 11) is -4.49. The van der Waals surface area contributed by atoms with Crippen LogP contribution in [0, 0.1) is 13.8 Å². The van der Waals surface area contributed by atoms with E-state index in [1.165, 1.54) is 52.5 Å². The molecule has 0 aliphatic heterocycles. The second-order valence-corrected chi connectivity index (χ2v) is 13.7. The Hall–Kier alpha value is -5.58. The number of carbonyl (C=O) groups excluding carboxylic acids is 1. The number of carboxylic acid groups (broad SMARTS) is 1. The van der Waals surface area contributed by atoms with Crippen LogP contribution in [0.3, 0.4) is 0 Å². The number of halogens is 2. The van der Waals surface area contributed by atoms with Gasteiger partial charge in [0.05, 0.1) is 48.7 Å². The number of carboxylic acids is 1. The van der Waals surface area contributed by atoms with Crippen molar-refractivity contribution in [1.82, 2.24) is 39.3 Å². The van der Waals surface area contributed by atoms with Gasteiger partial charge in [0, 0.05) is 0 Å². The molecule has 2 aromatic carbocycles. The van der Waals surface area contributed by atoms with Gasteiger partial charge in [-0.2, -0.15) is 37.9 Å². The number of aromatic carboxylic acids is 1. The Morgan fingerprint density at radius 2 is 1.57 bits per heavy atom. The van der Waals surface area contributed by atoms with Crippen LogP contribution >= 0.6 is 23.2 Å². The fourth-order valence-electron chi connectivity index (χ4n) is 3.88. The first-order valence-corrected chi connectivity index (χ1v) is 17.5. The van der Waals surface area contributed by atoms with Crippen LogP contribution in [0.1, 0.15) is 21.7 Å². The van der Waals surface area contributed by atoms with Gasteiger partial charge >= 0.3 is 18.0 Å². The van der Waals surface area contributed by atoms with Crippen molar-refractivity contribution in [1.29, 1.82) is 0 Å². The van der Waals surface area contributed by atoms with Crippen molar-refractivity contribution in [3.8, 4) is 17.8 Å². The third-order valence-corrected chi connectivity index (χ3v) is 9.50. The largest absolute Gasteiger partial charge is 0.481 e. The average molecular weight is 786 g/mol. The number of nitrogens with one attached hydrogen (secondary N) is 3. The van der Waals surface area contributed by atoms with Gasteiger partial charge in [0.15, 0.2) is 0 Å². The predicted molar refractivity (Wildman–Crippen MR) is 180 cm³/mol. The molecule has 3 heterocycles. The number of anilines is 2. The summed E-state index contributed by atoms with van der Waals surface area (Å²) in [5, 5.41) is 14.9. The van der Waals surface area contributed by atoms with E-state index < -0.39 is 47.7 Å². The predicted octanol–water partition coefficient (Wildman–Crippen LogP) is 2.95. The number of fused-ring (bicyclic) bond motifs is 1. The molecule has 0 aliphatic carbocycles. The lowest BCUT2D eigenvalue weighted by Crippen LogP contribution is -2.35. The number of methoxy groups -OCH3 is 3. The third-order valence-electron chi connectivity index (χ3n) is 6.18. The summed E-state index contributed by atoms with van der Waals surface area (Å²) in [6.07, 6.45) is 0. The first-order chi connectivity index (χ1) is 24.0. The SMILES string of the molecule is COc1cc(OC)n2nc(S(=O)(=O)Nc3c(Cl)ccc(C)c3Cl)nc2n1.COc1nc(C)nc(NC(=O)NS(=O)(=O)c2ccccc2C(=O)O)n1. The van der Waals surface area contributed by atoms with Crippen molar-refractivity contribution in [2.24, 2.45) is 0 Å². The number of hydrogen-bond donors (Lipinski definition) is 4. The van der Waals surface area contributed by atoms with Crippen molar-refractivity contribution in [3.63, 3.8) is 0 Å². The number of nitrogens with zero attached hydrogens (tertiary/aromatic N) is 7. The molecule has 51 heavy (non-hydrogen) atoms. The van der Waals surface area contributed by atoms with Crippen LogP contribution in [0.4, 0.5) is 16.4 Å². The number of sulfonamides is 2. The molecule has 24 heteroatoms. The van der Waals surface area contributed by atoms with Crippen molar-refractivity contribution in [2.75, 3.05) is 31.4 Å². The summed E-state index contributed by atoms with van der Waals surface area (Å²) in [4.78, 5) is 41.8. The first-order valence-electron chi connectivity index (χ1n) is 13.8.